The van der Waals surface area contributed by atoms with Crippen molar-refractivity contribution in [1.82, 2.24) is 4.90 Å². The molecule has 7 heteroatoms. The number of likely N-dealkylation sites (N-methyl/N-ethyl adjacent to an activating group) is 1. The lowest BCUT2D eigenvalue weighted by Crippen LogP contribution is -2.46. The largest absolute Gasteiger partial charge is 0.480 e. The molecule has 0 fully saturated rings. The molecule has 132 valence electrons. The summed E-state index contributed by atoms with van der Waals surface area (Å²) in [5, 5.41) is 9.41. The highest BCUT2D eigenvalue weighted by atomic mass is 16.6. The Labute approximate surface area is 141 Å². The van der Waals surface area contributed by atoms with Gasteiger partial charge in [0.15, 0.2) is 0 Å². The van der Waals surface area contributed by atoms with Gasteiger partial charge in [0, 0.05) is 20.4 Å². The van der Waals surface area contributed by atoms with Crippen molar-refractivity contribution in [2.45, 2.75) is 45.8 Å². The topological polar surface area (TPSA) is 93.1 Å². The molecule has 1 atom stereocenters. The van der Waals surface area contributed by atoms with Gasteiger partial charge < -0.3 is 14.6 Å². The zero-order valence-corrected chi connectivity index (χ0v) is 14.5. The maximum atomic E-state index is 12.1. The summed E-state index contributed by atoms with van der Waals surface area (Å²) >= 11 is 0. The first-order valence-corrected chi connectivity index (χ1v) is 7.45. The Balaban J connectivity index is 2.84. The van der Waals surface area contributed by atoms with Crippen molar-refractivity contribution in [3.05, 3.63) is 29.8 Å². The molecule has 0 aliphatic carbocycles. The lowest BCUT2D eigenvalue weighted by molar-refractivity contribution is -0.142. The predicted octanol–water partition coefficient (Wildman–Crippen LogP) is 2.47. The zero-order chi connectivity index (χ0) is 18.5. The van der Waals surface area contributed by atoms with Crippen molar-refractivity contribution in [3.8, 4) is 5.75 Å². The summed E-state index contributed by atoms with van der Waals surface area (Å²) in [5.41, 5.74) is -0.0196. The Hall–Kier alpha value is -2.57. The second kappa shape index (κ2) is 7.81. The Morgan fingerprint density at radius 3 is 2.12 bits per heavy atom. The Morgan fingerprint density at radius 1 is 1.17 bits per heavy atom. The van der Waals surface area contributed by atoms with Crippen molar-refractivity contribution in [3.63, 3.8) is 0 Å². The van der Waals surface area contributed by atoms with Gasteiger partial charge in [-0.25, -0.2) is 9.59 Å². The maximum Gasteiger partial charge on any atom is 0.410 e. The summed E-state index contributed by atoms with van der Waals surface area (Å²) in [6, 6.07) is 5.37. The van der Waals surface area contributed by atoms with Gasteiger partial charge in [0.25, 0.3) is 0 Å². The number of amides is 1. The van der Waals surface area contributed by atoms with E-state index in [2.05, 4.69) is 0 Å². The van der Waals surface area contributed by atoms with E-state index in [-0.39, 0.29) is 6.42 Å². The lowest BCUT2D eigenvalue weighted by atomic mass is 10.1. The SMILES string of the molecule is CC(=O)Oc1ccc(C[C@H](C(=O)O)N(C)C(=O)OC(C)(C)C)cc1. The van der Waals surface area contributed by atoms with E-state index in [0.717, 1.165) is 4.90 Å². The summed E-state index contributed by atoms with van der Waals surface area (Å²) in [6.45, 7) is 6.43. The predicted molar refractivity (Wildman–Crippen MR) is 86.9 cm³/mol. The number of carboxylic acids is 1. The fourth-order valence-corrected chi connectivity index (χ4v) is 1.93. The van der Waals surface area contributed by atoms with E-state index in [9.17, 15) is 19.5 Å². The van der Waals surface area contributed by atoms with Crippen molar-refractivity contribution in [2.75, 3.05) is 7.05 Å². The lowest BCUT2D eigenvalue weighted by Gasteiger charge is -2.28. The van der Waals surface area contributed by atoms with Crippen LogP contribution in [-0.2, 0) is 20.7 Å². The molecule has 0 aromatic heterocycles. The first-order valence-electron chi connectivity index (χ1n) is 7.45. The van der Waals surface area contributed by atoms with Crippen molar-refractivity contribution < 1.29 is 29.0 Å². The molecular weight excluding hydrogens is 314 g/mol. The number of nitrogens with zero attached hydrogens (tertiary/aromatic N) is 1. The van der Waals surface area contributed by atoms with E-state index >= 15 is 0 Å². The normalized spacial score (nSPS) is 12.2. The fourth-order valence-electron chi connectivity index (χ4n) is 1.93. The van der Waals surface area contributed by atoms with Crippen molar-refractivity contribution >= 4 is 18.0 Å². The number of benzene rings is 1. The molecule has 1 N–H and O–H groups in total. The van der Waals surface area contributed by atoms with Gasteiger partial charge >= 0.3 is 18.0 Å². The first-order chi connectivity index (χ1) is 11.0. The molecule has 7 nitrogen and oxygen atoms in total. The second-order valence-corrected chi connectivity index (χ2v) is 6.39. The van der Waals surface area contributed by atoms with Crippen LogP contribution in [0.15, 0.2) is 24.3 Å². The van der Waals surface area contributed by atoms with Crippen molar-refractivity contribution in [2.24, 2.45) is 0 Å². The summed E-state index contributed by atoms with van der Waals surface area (Å²) in [5.74, 6) is -1.19. The van der Waals surface area contributed by atoms with Gasteiger partial charge in [0.05, 0.1) is 0 Å². The van der Waals surface area contributed by atoms with Crippen LogP contribution in [0.25, 0.3) is 0 Å². The van der Waals surface area contributed by atoms with Crippen LogP contribution in [0.2, 0.25) is 0 Å². The first kappa shape index (κ1) is 19.5. The Morgan fingerprint density at radius 2 is 1.71 bits per heavy atom. The zero-order valence-electron chi connectivity index (χ0n) is 14.5. The summed E-state index contributed by atoms with van der Waals surface area (Å²) < 4.78 is 10.1. The van der Waals surface area contributed by atoms with Crippen LogP contribution >= 0.6 is 0 Å². The Bertz CT molecular complexity index is 603. The second-order valence-electron chi connectivity index (χ2n) is 6.39. The molecule has 0 aliphatic rings. The molecule has 0 aliphatic heterocycles. The smallest absolute Gasteiger partial charge is 0.410 e. The van der Waals surface area contributed by atoms with E-state index < -0.39 is 29.7 Å². The number of esters is 1. The number of rotatable bonds is 5. The number of aliphatic carboxylic acids is 1. The molecule has 1 amide bonds. The van der Waals surface area contributed by atoms with Gasteiger partial charge in [-0.15, -0.1) is 0 Å². The van der Waals surface area contributed by atoms with Crippen LogP contribution in [0.1, 0.15) is 33.3 Å². The van der Waals surface area contributed by atoms with Crippen molar-refractivity contribution in [1.29, 1.82) is 0 Å². The molecule has 0 saturated carbocycles. The average molecular weight is 337 g/mol. The highest BCUT2D eigenvalue weighted by Crippen LogP contribution is 2.17. The molecule has 0 radical (unpaired) electrons. The van der Waals surface area contributed by atoms with Gasteiger partial charge in [-0.1, -0.05) is 12.1 Å². The number of hydrogen-bond donors (Lipinski definition) is 1. The molecule has 0 saturated heterocycles. The molecule has 1 aromatic rings. The third kappa shape index (κ3) is 6.28. The number of ether oxygens (including phenoxy) is 2. The summed E-state index contributed by atoms with van der Waals surface area (Å²) in [4.78, 5) is 35.5. The average Bonchev–Trinajstić information content (AvgIpc) is 2.43. The van der Waals surface area contributed by atoms with Gasteiger partial charge in [-0.3, -0.25) is 9.69 Å². The van der Waals surface area contributed by atoms with Crippen LogP contribution in [0.4, 0.5) is 4.79 Å². The fraction of sp³-hybridized carbons (Fsp3) is 0.471. The van der Waals surface area contributed by atoms with Gasteiger partial charge in [0.2, 0.25) is 0 Å². The third-order valence-corrected chi connectivity index (χ3v) is 3.05. The quantitative estimate of drug-likeness (QED) is 0.655. The molecule has 1 rings (SSSR count). The van der Waals surface area contributed by atoms with Crippen LogP contribution < -0.4 is 4.74 Å². The monoisotopic (exact) mass is 337 g/mol. The number of carbonyl (C=O) groups excluding carboxylic acids is 2. The number of carboxylic acid groups (broad SMARTS) is 1. The minimum atomic E-state index is -1.13. The van der Waals surface area contributed by atoms with Gasteiger partial charge in [-0.05, 0) is 38.5 Å². The van der Waals surface area contributed by atoms with Gasteiger partial charge in [-0.2, -0.15) is 0 Å². The Kier molecular flexibility index (Phi) is 6.34. The standard InChI is InChI=1S/C17H23NO6/c1-11(19)23-13-8-6-12(7-9-13)10-14(15(20)21)18(5)16(22)24-17(2,3)4/h6-9,14H,10H2,1-5H3,(H,20,21)/t14-/m1/s1. The molecule has 1 aromatic carbocycles. The van der Waals surface area contributed by atoms with E-state index in [1.807, 2.05) is 0 Å². The van der Waals surface area contributed by atoms with Crippen LogP contribution in [0.3, 0.4) is 0 Å². The summed E-state index contributed by atoms with van der Waals surface area (Å²) in [7, 11) is 1.39. The molecule has 0 heterocycles. The maximum absolute atomic E-state index is 12.1. The van der Waals surface area contributed by atoms with E-state index in [1.165, 1.54) is 14.0 Å². The number of carbonyl (C=O) groups is 3. The highest BCUT2D eigenvalue weighted by Gasteiger charge is 2.30. The van der Waals surface area contributed by atoms with E-state index in [1.54, 1.807) is 45.0 Å². The van der Waals surface area contributed by atoms with Crippen LogP contribution in [0.5, 0.6) is 5.75 Å². The molecule has 24 heavy (non-hydrogen) atoms. The molecular formula is C17H23NO6. The minimum Gasteiger partial charge on any atom is -0.480 e. The van der Waals surface area contributed by atoms with E-state index in [4.69, 9.17) is 9.47 Å². The van der Waals surface area contributed by atoms with Crippen LogP contribution in [-0.4, -0.2) is 46.7 Å². The van der Waals surface area contributed by atoms with Crippen LogP contribution in [0, 0.1) is 0 Å². The molecule has 0 bridgehead atoms. The molecule has 0 unspecified atom stereocenters. The third-order valence-electron chi connectivity index (χ3n) is 3.05. The number of hydrogen-bond acceptors (Lipinski definition) is 5. The minimum absolute atomic E-state index is 0.103. The molecule has 0 spiro atoms. The van der Waals surface area contributed by atoms with E-state index in [0.29, 0.717) is 11.3 Å². The summed E-state index contributed by atoms with van der Waals surface area (Å²) in [6.07, 6.45) is -0.600. The van der Waals surface area contributed by atoms with Gasteiger partial charge in [0.1, 0.15) is 17.4 Å². The highest BCUT2D eigenvalue weighted by molar-refractivity contribution is 5.80.